The molecule has 7 rings (SSSR count). The zero-order valence-electron chi connectivity index (χ0n) is 22.6. The highest BCUT2D eigenvalue weighted by molar-refractivity contribution is 5.94. The van der Waals surface area contributed by atoms with Gasteiger partial charge < -0.3 is 9.64 Å². The first-order valence-electron chi connectivity index (χ1n) is 13.7. The summed E-state index contributed by atoms with van der Waals surface area (Å²) in [6, 6.07) is 49.3. The van der Waals surface area contributed by atoms with E-state index in [4.69, 9.17) is 4.74 Å². The Bertz CT molecular complexity index is 1810. The number of fused-ring (bicyclic) bond motifs is 5. The number of anilines is 3. The van der Waals surface area contributed by atoms with Gasteiger partial charge >= 0.3 is 0 Å². The lowest BCUT2D eigenvalue weighted by Crippen LogP contribution is -2.12. The fraction of sp³-hybridized carbons (Fsp3) is 0.0526. The number of nitrogens with zero attached hydrogens (tertiary/aromatic N) is 1. The summed E-state index contributed by atoms with van der Waals surface area (Å²) in [5.41, 5.74) is 12.7. The number of ether oxygens (including phenoxy) is 1. The van der Waals surface area contributed by atoms with Crippen molar-refractivity contribution in [2.45, 2.75) is 13.8 Å². The minimum atomic E-state index is 0.858. The second-order valence-electron chi connectivity index (χ2n) is 10.3. The number of aryl methyl sites for hydroxylation is 2. The van der Waals surface area contributed by atoms with Gasteiger partial charge in [-0.05, 0) is 89.7 Å². The van der Waals surface area contributed by atoms with Crippen LogP contribution in [0.5, 0.6) is 11.5 Å². The zero-order chi connectivity index (χ0) is 27.1. The van der Waals surface area contributed by atoms with Crippen LogP contribution in [-0.2, 0) is 0 Å². The van der Waals surface area contributed by atoms with Crippen molar-refractivity contribution in [1.29, 1.82) is 0 Å². The number of benzene rings is 6. The molecule has 192 valence electrons. The molecule has 0 amide bonds. The summed E-state index contributed by atoms with van der Waals surface area (Å²) in [4.78, 5) is 2.36. The number of hydrogen-bond acceptors (Lipinski definition) is 2. The standard InChI is InChI=1S/C38H29NO/c1-26-12-6-10-18-35(26)39(36-19-11-7-13-27(36)2)30-21-23-38-34(25-30)32-17-9-8-16-31(32)33-24-29(20-22-37(33)40-38)28-14-4-3-5-15-28/h3-25H,1-2H3. The molecule has 0 atom stereocenters. The third-order valence-electron chi connectivity index (χ3n) is 7.75. The highest BCUT2D eigenvalue weighted by Crippen LogP contribution is 2.50. The van der Waals surface area contributed by atoms with Crippen molar-refractivity contribution in [3.63, 3.8) is 0 Å². The van der Waals surface area contributed by atoms with Crippen molar-refractivity contribution < 1.29 is 4.74 Å². The summed E-state index contributed by atoms with van der Waals surface area (Å²) in [7, 11) is 0. The zero-order valence-corrected chi connectivity index (χ0v) is 22.6. The topological polar surface area (TPSA) is 12.5 Å². The lowest BCUT2D eigenvalue weighted by Gasteiger charge is -2.29. The summed E-state index contributed by atoms with van der Waals surface area (Å²) >= 11 is 0. The van der Waals surface area contributed by atoms with Crippen molar-refractivity contribution in [3.05, 3.63) is 151 Å². The van der Waals surface area contributed by atoms with Gasteiger partial charge in [0.15, 0.2) is 0 Å². The maximum absolute atomic E-state index is 6.65. The average molecular weight is 516 g/mol. The molecule has 6 aromatic carbocycles. The van der Waals surface area contributed by atoms with Crippen LogP contribution in [0.2, 0.25) is 0 Å². The lowest BCUT2D eigenvalue weighted by molar-refractivity contribution is 0.488. The third-order valence-corrected chi connectivity index (χ3v) is 7.75. The van der Waals surface area contributed by atoms with Gasteiger partial charge in [0.05, 0.1) is 0 Å². The maximum atomic E-state index is 6.65. The van der Waals surface area contributed by atoms with E-state index in [2.05, 4.69) is 158 Å². The van der Waals surface area contributed by atoms with Gasteiger partial charge in [0.1, 0.15) is 11.5 Å². The molecule has 1 aliphatic rings. The molecule has 0 saturated carbocycles. The summed E-state index contributed by atoms with van der Waals surface area (Å²) in [6.07, 6.45) is 0. The monoisotopic (exact) mass is 515 g/mol. The summed E-state index contributed by atoms with van der Waals surface area (Å²) < 4.78 is 6.65. The largest absolute Gasteiger partial charge is 0.456 e. The van der Waals surface area contributed by atoms with E-state index < -0.39 is 0 Å². The maximum Gasteiger partial charge on any atom is 0.135 e. The van der Waals surface area contributed by atoms with Crippen molar-refractivity contribution in [2.24, 2.45) is 0 Å². The van der Waals surface area contributed by atoms with Gasteiger partial charge in [-0.1, -0.05) is 97.1 Å². The molecule has 0 saturated heterocycles. The van der Waals surface area contributed by atoms with Crippen molar-refractivity contribution >= 4 is 17.1 Å². The molecule has 2 nitrogen and oxygen atoms in total. The van der Waals surface area contributed by atoms with E-state index in [-0.39, 0.29) is 0 Å². The molecule has 0 N–H and O–H groups in total. The van der Waals surface area contributed by atoms with Gasteiger partial charge in [0, 0.05) is 28.2 Å². The molecule has 0 fully saturated rings. The number of rotatable bonds is 4. The van der Waals surface area contributed by atoms with Crippen LogP contribution in [0.3, 0.4) is 0 Å². The van der Waals surface area contributed by atoms with Crippen LogP contribution in [-0.4, -0.2) is 0 Å². The van der Waals surface area contributed by atoms with E-state index >= 15 is 0 Å². The van der Waals surface area contributed by atoms with Crippen molar-refractivity contribution in [2.75, 3.05) is 4.90 Å². The van der Waals surface area contributed by atoms with Crippen molar-refractivity contribution in [1.82, 2.24) is 0 Å². The Morgan fingerprint density at radius 1 is 0.425 bits per heavy atom. The Hall–Kier alpha value is -5.08. The highest BCUT2D eigenvalue weighted by Gasteiger charge is 2.24. The second kappa shape index (κ2) is 9.91. The second-order valence-corrected chi connectivity index (χ2v) is 10.3. The molecule has 0 bridgehead atoms. The van der Waals surface area contributed by atoms with Crippen LogP contribution in [0.15, 0.2) is 140 Å². The van der Waals surface area contributed by atoms with Crippen LogP contribution in [0.4, 0.5) is 17.1 Å². The van der Waals surface area contributed by atoms with Crippen LogP contribution in [0.1, 0.15) is 11.1 Å². The molecule has 2 heteroatoms. The van der Waals surface area contributed by atoms with Gasteiger partial charge in [-0.2, -0.15) is 0 Å². The van der Waals surface area contributed by atoms with Gasteiger partial charge in [0.2, 0.25) is 0 Å². The Morgan fingerprint density at radius 2 is 0.950 bits per heavy atom. The van der Waals surface area contributed by atoms with Crippen molar-refractivity contribution in [3.8, 4) is 44.9 Å². The van der Waals surface area contributed by atoms with Crippen LogP contribution < -0.4 is 9.64 Å². The number of para-hydroxylation sites is 2. The molecule has 0 radical (unpaired) electrons. The van der Waals surface area contributed by atoms with Gasteiger partial charge in [-0.15, -0.1) is 0 Å². The Labute approximate surface area is 235 Å². The average Bonchev–Trinajstić information content (AvgIpc) is 3.14. The SMILES string of the molecule is Cc1ccccc1N(c1ccc2c(c1)-c1ccccc1-c1cc(-c3ccccc3)ccc1O2)c1ccccc1C. The Balaban J connectivity index is 1.42. The lowest BCUT2D eigenvalue weighted by atomic mass is 9.92. The smallest absolute Gasteiger partial charge is 0.135 e. The fourth-order valence-corrected chi connectivity index (χ4v) is 5.70. The van der Waals surface area contributed by atoms with E-state index in [1.165, 1.54) is 27.8 Å². The Morgan fingerprint density at radius 3 is 1.57 bits per heavy atom. The first kappa shape index (κ1) is 24.0. The Kier molecular flexibility index (Phi) is 5.94. The van der Waals surface area contributed by atoms with Crippen LogP contribution >= 0.6 is 0 Å². The molecule has 6 aromatic rings. The molecule has 1 aliphatic heterocycles. The summed E-state index contributed by atoms with van der Waals surface area (Å²) in [5.74, 6) is 1.73. The normalized spacial score (nSPS) is 11.4. The first-order valence-corrected chi connectivity index (χ1v) is 13.7. The highest BCUT2D eigenvalue weighted by atomic mass is 16.5. The van der Waals surface area contributed by atoms with E-state index in [0.29, 0.717) is 0 Å². The van der Waals surface area contributed by atoms with Crippen LogP contribution in [0, 0.1) is 13.8 Å². The third kappa shape index (κ3) is 4.15. The van der Waals surface area contributed by atoms with Gasteiger partial charge in [-0.3, -0.25) is 0 Å². The summed E-state index contributed by atoms with van der Waals surface area (Å²) in [6.45, 7) is 4.34. The molecule has 0 unspecified atom stereocenters. The predicted molar refractivity (Wildman–Crippen MR) is 167 cm³/mol. The summed E-state index contributed by atoms with van der Waals surface area (Å²) in [5, 5.41) is 0. The molecule has 40 heavy (non-hydrogen) atoms. The molecule has 0 aliphatic carbocycles. The minimum absolute atomic E-state index is 0.858. The van der Waals surface area contributed by atoms with Crippen LogP contribution in [0.25, 0.3) is 33.4 Å². The molecular weight excluding hydrogens is 486 g/mol. The fourth-order valence-electron chi connectivity index (χ4n) is 5.70. The molecule has 0 aromatic heterocycles. The molecule has 0 spiro atoms. The van der Waals surface area contributed by atoms with E-state index in [0.717, 1.165) is 45.3 Å². The first-order chi connectivity index (χ1) is 19.7. The quantitative estimate of drug-likeness (QED) is 0.231. The van der Waals surface area contributed by atoms with E-state index in [1.807, 2.05) is 0 Å². The van der Waals surface area contributed by atoms with E-state index in [9.17, 15) is 0 Å². The molecule has 1 heterocycles. The van der Waals surface area contributed by atoms with Gasteiger partial charge in [-0.25, -0.2) is 0 Å². The minimum Gasteiger partial charge on any atom is -0.456 e. The molecular formula is C38H29NO. The predicted octanol–water partition coefficient (Wildman–Crippen LogP) is 10.9. The van der Waals surface area contributed by atoms with Gasteiger partial charge in [0.25, 0.3) is 0 Å². The van der Waals surface area contributed by atoms with E-state index in [1.54, 1.807) is 0 Å². The number of hydrogen-bond donors (Lipinski definition) is 0.